The van der Waals surface area contributed by atoms with E-state index < -0.39 is 11.7 Å². The molecule has 1 rings (SSSR count). The van der Waals surface area contributed by atoms with Gasteiger partial charge in [0.2, 0.25) is 0 Å². The molecule has 1 aliphatic rings. The van der Waals surface area contributed by atoms with Crippen LogP contribution >= 0.6 is 0 Å². The predicted octanol–water partition coefficient (Wildman–Crippen LogP) is 1.46. The van der Waals surface area contributed by atoms with E-state index in [1.54, 1.807) is 6.92 Å². The maximum Gasteiger partial charge on any atom is 0.0905 e. The molecule has 0 amide bonds. The topological polar surface area (TPSA) is 40.5 Å². The van der Waals surface area contributed by atoms with Gasteiger partial charge in [-0.25, -0.2) is 0 Å². The molecule has 0 aromatic heterocycles. The van der Waals surface area contributed by atoms with Crippen LogP contribution in [0.5, 0.6) is 0 Å². The SMILES string of the molecule is CC#CCCC(O)C1(O)CCCC1. The predicted molar refractivity (Wildman–Crippen MR) is 52.1 cm³/mol. The zero-order valence-electron chi connectivity index (χ0n) is 8.21. The van der Waals surface area contributed by atoms with Crippen molar-refractivity contribution in [3.63, 3.8) is 0 Å². The summed E-state index contributed by atoms with van der Waals surface area (Å²) in [5, 5.41) is 19.7. The normalized spacial score (nSPS) is 22.1. The third-order valence-corrected chi connectivity index (χ3v) is 2.81. The van der Waals surface area contributed by atoms with Crippen LogP contribution in [-0.2, 0) is 0 Å². The molecule has 1 unspecified atom stereocenters. The number of hydrogen-bond acceptors (Lipinski definition) is 2. The first-order valence-corrected chi connectivity index (χ1v) is 4.99. The zero-order valence-corrected chi connectivity index (χ0v) is 8.21. The number of rotatable bonds is 3. The van der Waals surface area contributed by atoms with E-state index in [1.165, 1.54) is 0 Å². The maximum atomic E-state index is 9.96. The lowest BCUT2D eigenvalue weighted by Crippen LogP contribution is -2.39. The summed E-state index contributed by atoms with van der Waals surface area (Å²) in [6.07, 6.45) is 4.24. The fraction of sp³-hybridized carbons (Fsp3) is 0.818. The lowest BCUT2D eigenvalue weighted by Gasteiger charge is -2.27. The fourth-order valence-corrected chi connectivity index (χ4v) is 1.92. The summed E-state index contributed by atoms with van der Waals surface area (Å²) in [7, 11) is 0. The Bertz CT molecular complexity index is 206. The van der Waals surface area contributed by atoms with Gasteiger partial charge in [0.15, 0.2) is 0 Å². The molecule has 13 heavy (non-hydrogen) atoms. The van der Waals surface area contributed by atoms with Crippen molar-refractivity contribution in [2.75, 3.05) is 0 Å². The molecule has 0 radical (unpaired) electrons. The van der Waals surface area contributed by atoms with Crippen LogP contribution < -0.4 is 0 Å². The van der Waals surface area contributed by atoms with Crippen LogP contribution in [0.2, 0.25) is 0 Å². The van der Waals surface area contributed by atoms with Crippen molar-refractivity contribution < 1.29 is 10.2 Å². The molecular weight excluding hydrogens is 164 g/mol. The molecule has 1 atom stereocenters. The van der Waals surface area contributed by atoms with Gasteiger partial charge in [-0.3, -0.25) is 0 Å². The average Bonchev–Trinajstić information content (AvgIpc) is 2.54. The van der Waals surface area contributed by atoms with Crippen LogP contribution in [0.3, 0.4) is 0 Å². The molecule has 0 aromatic rings. The second kappa shape index (κ2) is 4.64. The Morgan fingerprint density at radius 2 is 2.00 bits per heavy atom. The van der Waals surface area contributed by atoms with Crippen LogP contribution in [0.1, 0.15) is 45.4 Å². The molecule has 0 saturated heterocycles. The Kier molecular flexibility index (Phi) is 3.77. The lowest BCUT2D eigenvalue weighted by atomic mass is 9.92. The van der Waals surface area contributed by atoms with Crippen molar-refractivity contribution in [2.24, 2.45) is 0 Å². The van der Waals surface area contributed by atoms with Gasteiger partial charge >= 0.3 is 0 Å². The van der Waals surface area contributed by atoms with Crippen molar-refractivity contribution in [1.29, 1.82) is 0 Å². The van der Waals surface area contributed by atoms with E-state index in [2.05, 4.69) is 11.8 Å². The van der Waals surface area contributed by atoms with Crippen LogP contribution in [-0.4, -0.2) is 21.9 Å². The Balaban J connectivity index is 2.35. The van der Waals surface area contributed by atoms with E-state index in [9.17, 15) is 10.2 Å². The Morgan fingerprint density at radius 3 is 2.54 bits per heavy atom. The highest BCUT2D eigenvalue weighted by molar-refractivity contribution is 4.98. The van der Waals surface area contributed by atoms with Crippen molar-refractivity contribution >= 4 is 0 Å². The van der Waals surface area contributed by atoms with Crippen molar-refractivity contribution in [2.45, 2.75) is 57.2 Å². The summed E-state index contributed by atoms with van der Waals surface area (Å²) < 4.78 is 0. The Morgan fingerprint density at radius 1 is 1.38 bits per heavy atom. The van der Waals surface area contributed by atoms with Gasteiger partial charge in [0, 0.05) is 6.42 Å². The average molecular weight is 182 g/mol. The summed E-state index contributed by atoms with van der Waals surface area (Å²) >= 11 is 0. The zero-order chi connectivity index (χ0) is 9.73. The molecule has 2 nitrogen and oxygen atoms in total. The molecule has 2 N–H and O–H groups in total. The van der Waals surface area contributed by atoms with Gasteiger partial charge in [0.1, 0.15) is 0 Å². The van der Waals surface area contributed by atoms with Crippen LogP contribution in [0.25, 0.3) is 0 Å². The van der Waals surface area contributed by atoms with E-state index >= 15 is 0 Å². The summed E-state index contributed by atoms with van der Waals surface area (Å²) in [4.78, 5) is 0. The van der Waals surface area contributed by atoms with Gasteiger partial charge in [-0.1, -0.05) is 12.8 Å². The smallest absolute Gasteiger partial charge is 0.0905 e. The fourth-order valence-electron chi connectivity index (χ4n) is 1.92. The largest absolute Gasteiger partial charge is 0.390 e. The maximum absolute atomic E-state index is 9.96. The summed E-state index contributed by atoms with van der Waals surface area (Å²) in [6, 6.07) is 0. The van der Waals surface area contributed by atoms with E-state index in [1.807, 2.05) is 0 Å². The third-order valence-electron chi connectivity index (χ3n) is 2.81. The number of hydrogen-bond donors (Lipinski definition) is 2. The van der Waals surface area contributed by atoms with Crippen LogP contribution in [0.4, 0.5) is 0 Å². The van der Waals surface area contributed by atoms with E-state index in [0.29, 0.717) is 12.8 Å². The second-order valence-electron chi connectivity index (χ2n) is 3.79. The van der Waals surface area contributed by atoms with E-state index in [-0.39, 0.29) is 0 Å². The van der Waals surface area contributed by atoms with Crippen molar-refractivity contribution in [3.8, 4) is 11.8 Å². The van der Waals surface area contributed by atoms with Crippen LogP contribution in [0.15, 0.2) is 0 Å². The molecule has 0 spiro atoms. The van der Waals surface area contributed by atoms with Crippen LogP contribution in [0, 0.1) is 11.8 Å². The van der Waals surface area contributed by atoms with Gasteiger partial charge in [0.25, 0.3) is 0 Å². The number of aliphatic hydroxyl groups is 2. The standard InChI is InChI=1S/C11H18O2/c1-2-3-4-7-10(12)11(13)8-5-6-9-11/h10,12-13H,4-9H2,1H3. The minimum Gasteiger partial charge on any atom is -0.390 e. The van der Waals surface area contributed by atoms with Crippen molar-refractivity contribution in [3.05, 3.63) is 0 Å². The quantitative estimate of drug-likeness (QED) is 0.649. The first-order valence-electron chi connectivity index (χ1n) is 4.99. The minimum absolute atomic E-state index is 0.587. The molecule has 1 fully saturated rings. The van der Waals surface area contributed by atoms with Gasteiger partial charge < -0.3 is 10.2 Å². The van der Waals surface area contributed by atoms with Gasteiger partial charge in [-0.15, -0.1) is 11.8 Å². The molecule has 1 saturated carbocycles. The molecule has 0 bridgehead atoms. The highest BCUT2D eigenvalue weighted by atomic mass is 16.3. The summed E-state index contributed by atoms with van der Waals surface area (Å²) in [5.41, 5.74) is -0.810. The van der Waals surface area contributed by atoms with E-state index in [4.69, 9.17) is 0 Å². The third kappa shape index (κ3) is 2.72. The monoisotopic (exact) mass is 182 g/mol. The first-order chi connectivity index (χ1) is 6.19. The molecule has 0 aliphatic heterocycles. The van der Waals surface area contributed by atoms with Gasteiger partial charge in [-0.05, 0) is 26.2 Å². The Hall–Kier alpha value is -0.520. The lowest BCUT2D eigenvalue weighted by molar-refractivity contribution is -0.0721. The molecule has 0 aromatic carbocycles. The van der Waals surface area contributed by atoms with Crippen molar-refractivity contribution in [1.82, 2.24) is 0 Å². The summed E-state index contributed by atoms with van der Waals surface area (Å²) in [5.74, 6) is 5.68. The van der Waals surface area contributed by atoms with Gasteiger partial charge in [0.05, 0.1) is 11.7 Å². The Labute approximate surface area is 80.0 Å². The molecule has 2 heteroatoms. The second-order valence-corrected chi connectivity index (χ2v) is 3.79. The minimum atomic E-state index is -0.810. The molecule has 74 valence electrons. The highest BCUT2D eigenvalue weighted by Gasteiger charge is 2.37. The molecular formula is C11H18O2. The molecule has 0 heterocycles. The first kappa shape index (κ1) is 10.6. The van der Waals surface area contributed by atoms with Gasteiger partial charge in [-0.2, -0.15) is 0 Å². The molecule has 1 aliphatic carbocycles. The number of aliphatic hydroxyl groups excluding tert-OH is 1. The summed E-state index contributed by atoms with van der Waals surface area (Å²) in [6.45, 7) is 1.79. The highest BCUT2D eigenvalue weighted by Crippen LogP contribution is 2.33. The van der Waals surface area contributed by atoms with E-state index in [0.717, 1.165) is 25.7 Å².